The Morgan fingerprint density at radius 3 is 2.29 bits per heavy atom. The van der Waals surface area contributed by atoms with Gasteiger partial charge in [-0.1, -0.05) is 30.3 Å². The zero-order valence-electron chi connectivity index (χ0n) is 8.92. The van der Waals surface area contributed by atoms with Gasteiger partial charge in [0.05, 0.1) is 7.05 Å². The molecule has 2 N–H and O–H groups in total. The van der Waals surface area contributed by atoms with Gasteiger partial charge in [-0.05, 0) is 0 Å². The van der Waals surface area contributed by atoms with Gasteiger partial charge in [0.2, 0.25) is 0 Å². The van der Waals surface area contributed by atoms with Crippen LogP contribution in [-0.2, 0) is 6.54 Å². The first-order valence-electron chi connectivity index (χ1n) is 5.53. The fourth-order valence-electron chi connectivity index (χ4n) is 2.09. The molecule has 2 rings (SSSR count). The summed E-state index contributed by atoms with van der Waals surface area (Å²) >= 11 is 0. The second kappa shape index (κ2) is 4.58. The van der Waals surface area contributed by atoms with Crippen LogP contribution in [0, 0.1) is 0 Å². The van der Waals surface area contributed by atoms with E-state index in [1.54, 1.807) is 9.80 Å². The first kappa shape index (κ1) is 9.69. The van der Waals surface area contributed by atoms with Gasteiger partial charge >= 0.3 is 0 Å². The van der Waals surface area contributed by atoms with Crippen LogP contribution >= 0.6 is 0 Å². The van der Waals surface area contributed by atoms with Crippen LogP contribution in [0.25, 0.3) is 0 Å². The van der Waals surface area contributed by atoms with Crippen molar-refractivity contribution in [2.24, 2.45) is 0 Å². The maximum absolute atomic E-state index is 2.29. The van der Waals surface area contributed by atoms with Crippen molar-refractivity contribution in [2.45, 2.75) is 6.54 Å². The highest BCUT2D eigenvalue weighted by Gasteiger charge is 2.19. The highest BCUT2D eigenvalue weighted by atomic mass is 15.2. The minimum atomic E-state index is 1.20. The third-order valence-corrected chi connectivity index (χ3v) is 3.11. The highest BCUT2D eigenvalue weighted by Crippen LogP contribution is 1.94. The number of piperazine rings is 1. The quantitative estimate of drug-likeness (QED) is 0.570. The third-order valence-electron chi connectivity index (χ3n) is 3.11. The Bertz CT molecular complexity index is 263. The number of benzene rings is 1. The molecule has 0 spiro atoms. The van der Waals surface area contributed by atoms with Gasteiger partial charge < -0.3 is 9.80 Å². The number of likely N-dealkylation sites (N-methyl/N-ethyl adjacent to an activating group) is 1. The van der Waals surface area contributed by atoms with Crippen LogP contribution in [0.15, 0.2) is 30.3 Å². The Labute approximate surface area is 86.1 Å². The van der Waals surface area contributed by atoms with Crippen molar-refractivity contribution in [3.05, 3.63) is 35.9 Å². The molecule has 76 valence electrons. The van der Waals surface area contributed by atoms with E-state index in [0.717, 1.165) is 0 Å². The van der Waals surface area contributed by atoms with E-state index in [2.05, 4.69) is 37.4 Å². The molecule has 1 aromatic carbocycles. The van der Waals surface area contributed by atoms with E-state index >= 15 is 0 Å². The lowest BCUT2D eigenvalue weighted by atomic mass is 10.2. The molecule has 2 nitrogen and oxygen atoms in total. The molecule has 1 saturated heterocycles. The molecule has 14 heavy (non-hydrogen) atoms. The van der Waals surface area contributed by atoms with E-state index in [1.807, 2.05) is 0 Å². The predicted octanol–water partition coefficient (Wildman–Crippen LogP) is -1.40. The molecule has 1 aliphatic heterocycles. The van der Waals surface area contributed by atoms with E-state index < -0.39 is 0 Å². The van der Waals surface area contributed by atoms with Crippen LogP contribution < -0.4 is 9.80 Å². The van der Waals surface area contributed by atoms with Crippen LogP contribution in [0.4, 0.5) is 0 Å². The van der Waals surface area contributed by atoms with E-state index in [9.17, 15) is 0 Å². The van der Waals surface area contributed by atoms with E-state index in [-0.39, 0.29) is 0 Å². The van der Waals surface area contributed by atoms with Crippen molar-refractivity contribution >= 4 is 0 Å². The number of hydrogen-bond acceptors (Lipinski definition) is 0. The molecule has 0 bridgehead atoms. The van der Waals surface area contributed by atoms with E-state index in [0.29, 0.717) is 0 Å². The molecule has 1 aromatic rings. The zero-order chi connectivity index (χ0) is 9.80. The minimum absolute atomic E-state index is 1.20. The topological polar surface area (TPSA) is 8.88 Å². The number of hydrogen-bond donors (Lipinski definition) is 2. The molecule has 2 heteroatoms. The molecule has 1 aliphatic rings. The molecule has 1 fully saturated rings. The third kappa shape index (κ3) is 2.56. The maximum Gasteiger partial charge on any atom is 0.127 e. The fraction of sp³-hybridized carbons (Fsp3) is 0.500. The Morgan fingerprint density at radius 1 is 1.00 bits per heavy atom. The Kier molecular flexibility index (Phi) is 3.17. The second-order valence-corrected chi connectivity index (χ2v) is 4.37. The van der Waals surface area contributed by atoms with Crippen molar-refractivity contribution in [1.29, 1.82) is 0 Å². The van der Waals surface area contributed by atoms with Crippen LogP contribution in [0.3, 0.4) is 0 Å². The van der Waals surface area contributed by atoms with Gasteiger partial charge in [0.15, 0.2) is 0 Å². The summed E-state index contributed by atoms with van der Waals surface area (Å²) in [5.74, 6) is 0. The standard InChI is InChI=1S/C12H18N2/c1-13-7-9-14(10-8-13)11-12-5-3-2-4-6-12/h2-6H,7-11H2,1H3/p+2. The Morgan fingerprint density at radius 2 is 1.64 bits per heavy atom. The van der Waals surface area contributed by atoms with Gasteiger partial charge in [-0.15, -0.1) is 0 Å². The highest BCUT2D eigenvalue weighted by molar-refractivity contribution is 5.13. The summed E-state index contributed by atoms with van der Waals surface area (Å²) in [5.41, 5.74) is 1.47. The molecule has 0 amide bonds. The average molecular weight is 192 g/mol. The molecule has 0 unspecified atom stereocenters. The number of quaternary nitrogens is 2. The Hall–Kier alpha value is -0.860. The van der Waals surface area contributed by atoms with Crippen molar-refractivity contribution in [2.75, 3.05) is 33.2 Å². The molecular formula is C12H20N2+2. The van der Waals surface area contributed by atoms with Gasteiger partial charge in [0, 0.05) is 5.56 Å². The van der Waals surface area contributed by atoms with Crippen molar-refractivity contribution in [3.8, 4) is 0 Å². The number of nitrogens with one attached hydrogen (secondary N) is 2. The fourth-order valence-corrected chi connectivity index (χ4v) is 2.09. The monoisotopic (exact) mass is 192 g/mol. The summed E-state index contributed by atoms with van der Waals surface area (Å²) in [6, 6.07) is 10.8. The van der Waals surface area contributed by atoms with E-state index in [4.69, 9.17) is 0 Å². The second-order valence-electron chi connectivity index (χ2n) is 4.37. The summed E-state index contributed by atoms with van der Waals surface area (Å²) in [6.45, 7) is 6.49. The normalized spacial score (nSPS) is 27.5. The molecule has 0 radical (unpaired) electrons. The van der Waals surface area contributed by atoms with Crippen molar-refractivity contribution in [3.63, 3.8) is 0 Å². The minimum Gasteiger partial charge on any atom is -0.328 e. The Balaban J connectivity index is 1.87. The lowest BCUT2D eigenvalue weighted by Crippen LogP contribution is -3.26. The lowest BCUT2D eigenvalue weighted by Gasteiger charge is -2.27. The van der Waals surface area contributed by atoms with Crippen molar-refractivity contribution < 1.29 is 9.80 Å². The average Bonchev–Trinajstić information content (AvgIpc) is 2.23. The van der Waals surface area contributed by atoms with Crippen LogP contribution in [0.2, 0.25) is 0 Å². The van der Waals surface area contributed by atoms with Crippen LogP contribution in [0.1, 0.15) is 5.56 Å². The molecule has 0 aliphatic carbocycles. The zero-order valence-corrected chi connectivity index (χ0v) is 8.92. The first-order valence-corrected chi connectivity index (χ1v) is 5.53. The summed E-state index contributed by atoms with van der Waals surface area (Å²) in [7, 11) is 2.29. The van der Waals surface area contributed by atoms with Gasteiger partial charge in [0.25, 0.3) is 0 Å². The lowest BCUT2D eigenvalue weighted by molar-refractivity contribution is -1.01. The molecular weight excluding hydrogens is 172 g/mol. The van der Waals surface area contributed by atoms with Gasteiger partial charge in [0.1, 0.15) is 32.7 Å². The summed E-state index contributed by atoms with van der Waals surface area (Å²) < 4.78 is 0. The van der Waals surface area contributed by atoms with Crippen LogP contribution in [0.5, 0.6) is 0 Å². The summed E-state index contributed by atoms with van der Waals surface area (Å²) in [6.07, 6.45) is 0. The van der Waals surface area contributed by atoms with Gasteiger partial charge in [-0.3, -0.25) is 0 Å². The molecule has 0 saturated carbocycles. The summed E-state index contributed by atoms with van der Waals surface area (Å²) in [4.78, 5) is 3.42. The summed E-state index contributed by atoms with van der Waals surface area (Å²) in [5, 5.41) is 0. The van der Waals surface area contributed by atoms with Gasteiger partial charge in [-0.25, -0.2) is 0 Å². The molecule has 1 heterocycles. The van der Waals surface area contributed by atoms with Crippen molar-refractivity contribution in [1.82, 2.24) is 0 Å². The van der Waals surface area contributed by atoms with E-state index in [1.165, 1.54) is 38.3 Å². The smallest absolute Gasteiger partial charge is 0.127 e. The largest absolute Gasteiger partial charge is 0.328 e. The van der Waals surface area contributed by atoms with Gasteiger partial charge in [-0.2, -0.15) is 0 Å². The first-order chi connectivity index (χ1) is 6.84. The number of rotatable bonds is 2. The van der Waals surface area contributed by atoms with Crippen LogP contribution in [-0.4, -0.2) is 33.2 Å². The SMILES string of the molecule is C[NH+]1CC[NH+](Cc2ccccc2)CC1. The maximum atomic E-state index is 2.29. The predicted molar refractivity (Wildman–Crippen MR) is 57.5 cm³/mol. The molecule has 0 atom stereocenters. The molecule has 0 aromatic heterocycles.